The number of hydrogen-bond donors (Lipinski definition) is 3. The molecule has 31 heavy (non-hydrogen) atoms. The van der Waals surface area contributed by atoms with E-state index < -0.39 is 21.5 Å². The lowest BCUT2D eigenvalue weighted by Crippen LogP contribution is -2.41. The molecule has 10 nitrogen and oxygen atoms in total. The highest BCUT2D eigenvalue weighted by Crippen LogP contribution is 2.23. The first kappa shape index (κ1) is 22.8. The molecule has 0 radical (unpaired) electrons. The molecule has 0 bridgehead atoms. The predicted molar refractivity (Wildman–Crippen MR) is 115 cm³/mol. The molecule has 2 aromatic rings. The largest absolute Gasteiger partial charge is 0.438 e. The summed E-state index contributed by atoms with van der Waals surface area (Å²) >= 11 is 0. The molecule has 0 aliphatic carbocycles. The minimum Gasteiger partial charge on any atom is -0.438 e. The Kier molecular flexibility index (Phi) is 6.37. The maximum absolute atomic E-state index is 12.4. The van der Waals surface area contributed by atoms with Crippen LogP contribution in [0.3, 0.4) is 0 Å². The van der Waals surface area contributed by atoms with Crippen LogP contribution in [0.2, 0.25) is 0 Å². The van der Waals surface area contributed by atoms with Gasteiger partial charge in [-0.05, 0) is 57.9 Å². The van der Waals surface area contributed by atoms with Crippen LogP contribution in [-0.2, 0) is 14.8 Å². The Hall–Kier alpha value is -2.92. The molecule has 1 saturated heterocycles. The fourth-order valence-corrected chi connectivity index (χ4v) is 4.65. The number of pyridine rings is 1. The van der Waals surface area contributed by atoms with E-state index in [9.17, 15) is 18.0 Å². The predicted octanol–water partition coefficient (Wildman–Crippen LogP) is 1.71. The molecule has 2 amide bonds. The lowest BCUT2D eigenvalue weighted by molar-refractivity contribution is -0.122. The average Bonchev–Trinajstić information content (AvgIpc) is 3.18. The molecule has 0 aromatic carbocycles. The van der Waals surface area contributed by atoms with Gasteiger partial charge in [0.05, 0.1) is 17.8 Å². The van der Waals surface area contributed by atoms with Gasteiger partial charge in [-0.1, -0.05) is 0 Å². The SMILES string of the molecule is CC(C)(C)NS(=O)(=O)c1ccc(C(=O)Nc2ccc(N3CCCC(C(N)=O)C3)nc2)o1. The molecular weight excluding hydrogens is 422 g/mol. The van der Waals surface area contributed by atoms with E-state index in [1.165, 1.54) is 18.3 Å². The van der Waals surface area contributed by atoms with Crippen molar-refractivity contribution < 1.29 is 22.4 Å². The molecule has 1 aliphatic rings. The summed E-state index contributed by atoms with van der Waals surface area (Å²) in [5.41, 5.74) is 5.15. The van der Waals surface area contributed by atoms with Crippen molar-refractivity contribution in [3.8, 4) is 0 Å². The van der Waals surface area contributed by atoms with Gasteiger partial charge in [-0.15, -0.1) is 0 Å². The molecule has 11 heteroatoms. The fourth-order valence-electron chi connectivity index (χ4n) is 3.30. The van der Waals surface area contributed by atoms with Gasteiger partial charge >= 0.3 is 0 Å². The third kappa shape index (κ3) is 5.82. The number of nitrogens with two attached hydrogens (primary N) is 1. The summed E-state index contributed by atoms with van der Waals surface area (Å²) in [6.07, 6.45) is 3.11. The Morgan fingerprint density at radius 1 is 1.23 bits per heavy atom. The number of anilines is 2. The number of nitrogens with zero attached hydrogens (tertiary/aromatic N) is 2. The molecular formula is C20H27N5O5S. The number of piperidine rings is 1. The molecule has 1 fully saturated rings. The summed E-state index contributed by atoms with van der Waals surface area (Å²) in [6, 6.07) is 5.95. The monoisotopic (exact) mass is 449 g/mol. The first-order valence-electron chi connectivity index (χ1n) is 9.90. The van der Waals surface area contributed by atoms with Crippen LogP contribution in [-0.4, -0.2) is 43.8 Å². The number of nitrogens with one attached hydrogen (secondary N) is 2. The standard InChI is InChI=1S/C20H27N5O5S/c1-20(2,3)24-31(28,29)17-9-7-15(30-17)19(27)23-14-6-8-16(22-11-14)25-10-4-5-13(12-25)18(21)26/h6-9,11,13,24H,4-5,10,12H2,1-3H3,(H2,21,26)(H,23,27). The van der Waals surface area contributed by atoms with Crippen molar-refractivity contribution in [3.05, 3.63) is 36.2 Å². The maximum Gasteiger partial charge on any atom is 0.291 e. The number of carbonyl (C=O) groups excluding carboxylic acids is 2. The minimum atomic E-state index is -3.88. The quantitative estimate of drug-likeness (QED) is 0.608. The second-order valence-electron chi connectivity index (χ2n) is 8.52. The number of carbonyl (C=O) groups is 2. The van der Waals surface area contributed by atoms with Crippen LogP contribution in [0.5, 0.6) is 0 Å². The number of aromatic nitrogens is 1. The van der Waals surface area contributed by atoms with E-state index in [-0.39, 0.29) is 22.7 Å². The molecule has 0 saturated carbocycles. The second-order valence-corrected chi connectivity index (χ2v) is 10.1. The number of rotatable bonds is 6. The number of primary amides is 1. The van der Waals surface area contributed by atoms with Gasteiger partial charge in [0.2, 0.25) is 11.0 Å². The first-order chi connectivity index (χ1) is 14.4. The molecule has 4 N–H and O–H groups in total. The minimum absolute atomic E-state index is 0.140. The van der Waals surface area contributed by atoms with E-state index in [1.54, 1.807) is 32.9 Å². The van der Waals surface area contributed by atoms with Gasteiger partial charge in [0.15, 0.2) is 5.76 Å². The van der Waals surface area contributed by atoms with Gasteiger partial charge in [0.1, 0.15) is 5.82 Å². The molecule has 1 unspecified atom stereocenters. The molecule has 3 heterocycles. The zero-order valence-electron chi connectivity index (χ0n) is 17.7. The third-order valence-electron chi connectivity index (χ3n) is 4.66. The van der Waals surface area contributed by atoms with Gasteiger partial charge < -0.3 is 20.4 Å². The summed E-state index contributed by atoms with van der Waals surface area (Å²) < 4.78 is 32.3. The van der Waals surface area contributed by atoms with E-state index in [1.807, 2.05) is 4.90 Å². The molecule has 0 spiro atoms. The van der Waals surface area contributed by atoms with Crippen molar-refractivity contribution in [2.45, 2.75) is 44.2 Å². The maximum atomic E-state index is 12.4. The van der Waals surface area contributed by atoms with Crippen molar-refractivity contribution in [3.63, 3.8) is 0 Å². The zero-order valence-corrected chi connectivity index (χ0v) is 18.5. The zero-order chi connectivity index (χ0) is 22.8. The lowest BCUT2D eigenvalue weighted by Gasteiger charge is -2.32. The number of furan rings is 1. The Morgan fingerprint density at radius 2 is 1.97 bits per heavy atom. The summed E-state index contributed by atoms with van der Waals surface area (Å²) in [6.45, 7) is 6.40. The van der Waals surface area contributed by atoms with Gasteiger partial charge in [-0.3, -0.25) is 9.59 Å². The Labute approximate surface area is 181 Å². The number of amides is 2. The summed E-state index contributed by atoms with van der Waals surface area (Å²) in [5, 5.41) is 2.29. The number of sulfonamides is 1. The van der Waals surface area contributed by atoms with Crippen LogP contribution in [0.1, 0.15) is 44.2 Å². The van der Waals surface area contributed by atoms with Crippen molar-refractivity contribution in [2.24, 2.45) is 11.7 Å². The number of hydrogen-bond acceptors (Lipinski definition) is 7. The van der Waals surface area contributed by atoms with Gasteiger partial charge in [0.25, 0.3) is 15.9 Å². The van der Waals surface area contributed by atoms with E-state index in [4.69, 9.17) is 10.2 Å². The highest BCUT2D eigenvalue weighted by molar-refractivity contribution is 7.89. The van der Waals surface area contributed by atoms with Crippen LogP contribution in [0.15, 0.2) is 40.0 Å². The normalized spacial score (nSPS) is 17.4. The third-order valence-corrected chi connectivity index (χ3v) is 6.29. The summed E-state index contributed by atoms with van der Waals surface area (Å²) in [7, 11) is -3.88. The topological polar surface area (TPSA) is 148 Å². The smallest absolute Gasteiger partial charge is 0.291 e. The van der Waals surface area contributed by atoms with Crippen molar-refractivity contribution >= 4 is 33.3 Å². The van der Waals surface area contributed by atoms with E-state index >= 15 is 0 Å². The highest BCUT2D eigenvalue weighted by Gasteiger charge is 2.27. The molecule has 168 valence electrons. The van der Waals surface area contributed by atoms with Crippen molar-refractivity contribution in [1.29, 1.82) is 0 Å². The summed E-state index contributed by atoms with van der Waals surface area (Å²) in [5.74, 6) is -0.570. The summed E-state index contributed by atoms with van der Waals surface area (Å²) in [4.78, 5) is 30.2. The first-order valence-corrected chi connectivity index (χ1v) is 11.4. The highest BCUT2D eigenvalue weighted by atomic mass is 32.2. The molecule has 2 aromatic heterocycles. The van der Waals surface area contributed by atoms with E-state index in [2.05, 4.69) is 15.0 Å². The van der Waals surface area contributed by atoms with Crippen molar-refractivity contribution in [1.82, 2.24) is 9.71 Å². The van der Waals surface area contributed by atoms with Crippen LogP contribution >= 0.6 is 0 Å². The molecule has 3 rings (SSSR count). The molecule has 1 aliphatic heterocycles. The average molecular weight is 450 g/mol. The van der Waals surface area contributed by atoms with Gasteiger partial charge in [0, 0.05) is 18.6 Å². The van der Waals surface area contributed by atoms with Crippen LogP contribution in [0, 0.1) is 5.92 Å². The van der Waals surface area contributed by atoms with Crippen molar-refractivity contribution in [2.75, 3.05) is 23.3 Å². The second kappa shape index (κ2) is 8.67. The molecule has 1 atom stereocenters. The Morgan fingerprint density at radius 3 is 2.58 bits per heavy atom. The van der Waals surface area contributed by atoms with Crippen LogP contribution < -0.4 is 20.7 Å². The van der Waals surface area contributed by atoms with Crippen LogP contribution in [0.4, 0.5) is 11.5 Å². The van der Waals surface area contributed by atoms with Crippen LogP contribution in [0.25, 0.3) is 0 Å². The fraction of sp³-hybridized carbons (Fsp3) is 0.450. The van der Waals surface area contributed by atoms with E-state index in [0.717, 1.165) is 19.4 Å². The Bertz CT molecular complexity index is 1060. The Balaban J connectivity index is 1.65. The van der Waals surface area contributed by atoms with Gasteiger partial charge in [-0.25, -0.2) is 18.1 Å². The van der Waals surface area contributed by atoms with Gasteiger partial charge in [-0.2, -0.15) is 0 Å². The lowest BCUT2D eigenvalue weighted by atomic mass is 9.97. The van der Waals surface area contributed by atoms with E-state index in [0.29, 0.717) is 18.1 Å².